The predicted octanol–water partition coefficient (Wildman–Crippen LogP) is 3.14. The molecule has 0 spiro atoms. The zero-order valence-corrected chi connectivity index (χ0v) is 16.9. The molecule has 7 heteroatoms. The van der Waals surface area contributed by atoms with E-state index in [1.807, 2.05) is 39.9 Å². The first kappa shape index (κ1) is 20.8. The van der Waals surface area contributed by atoms with Crippen LogP contribution in [0.2, 0.25) is 0 Å². The molecule has 2 heterocycles. The number of nitrogens with two attached hydrogens (primary N) is 1. The van der Waals surface area contributed by atoms with Crippen molar-refractivity contribution in [2.75, 3.05) is 26.2 Å². The van der Waals surface area contributed by atoms with Crippen LogP contribution in [0.25, 0.3) is 5.69 Å². The van der Waals surface area contributed by atoms with Crippen molar-refractivity contribution in [1.82, 2.24) is 14.7 Å². The molecular formula is C21H29ClN4O2. The minimum absolute atomic E-state index is 0. The van der Waals surface area contributed by atoms with Gasteiger partial charge in [-0.2, -0.15) is 5.10 Å². The standard InChI is InChI=1S/C21H28N4O2.ClH/c22-11-4-14-27-18-9-12-24(13-10-18)21(26)19-15-23-25(20(19)16-7-8-16)17-5-2-1-3-6-17;/h1-3,5-6,15-16,18H,4,7-14,22H2;1H. The van der Waals surface area contributed by atoms with E-state index in [0.717, 1.165) is 62.1 Å². The minimum atomic E-state index is 0. The summed E-state index contributed by atoms with van der Waals surface area (Å²) in [6.07, 6.45) is 6.95. The van der Waals surface area contributed by atoms with Crippen molar-refractivity contribution in [1.29, 1.82) is 0 Å². The lowest BCUT2D eigenvalue weighted by molar-refractivity contribution is 0.00842. The number of halogens is 1. The van der Waals surface area contributed by atoms with Gasteiger partial charge < -0.3 is 15.4 Å². The van der Waals surface area contributed by atoms with E-state index in [9.17, 15) is 4.79 Å². The average molecular weight is 405 g/mol. The Bertz CT molecular complexity index is 768. The van der Waals surface area contributed by atoms with Crippen LogP contribution in [0, 0.1) is 0 Å². The molecule has 0 unspecified atom stereocenters. The summed E-state index contributed by atoms with van der Waals surface area (Å²) < 4.78 is 7.81. The van der Waals surface area contributed by atoms with Crippen LogP contribution in [0.1, 0.15) is 54.1 Å². The number of hydrogen-bond donors (Lipinski definition) is 1. The predicted molar refractivity (Wildman–Crippen MR) is 111 cm³/mol. The smallest absolute Gasteiger partial charge is 0.257 e. The van der Waals surface area contributed by atoms with E-state index in [1.54, 1.807) is 6.20 Å². The van der Waals surface area contributed by atoms with E-state index in [-0.39, 0.29) is 24.4 Å². The van der Waals surface area contributed by atoms with Gasteiger partial charge in [0, 0.05) is 25.6 Å². The number of ether oxygens (including phenoxy) is 1. The van der Waals surface area contributed by atoms with Gasteiger partial charge in [0.1, 0.15) is 0 Å². The Hall–Kier alpha value is -1.89. The molecule has 1 aromatic carbocycles. The molecule has 152 valence electrons. The molecule has 1 aromatic heterocycles. The normalized spacial score (nSPS) is 17.4. The number of benzene rings is 1. The van der Waals surface area contributed by atoms with Gasteiger partial charge in [-0.15, -0.1) is 12.4 Å². The van der Waals surface area contributed by atoms with Gasteiger partial charge >= 0.3 is 0 Å². The third kappa shape index (κ3) is 4.57. The van der Waals surface area contributed by atoms with Gasteiger partial charge in [-0.05, 0) is 50.8 Å². The number of carbonyl (C=O) groups is 1. The molecule has 1 saturated heterocycles. The number of aromatic nitrogens is 2. The van der Waals surface area contributed by atoms with Crippen LogP contribution in [0.3, 0.4) is 0 Å². The van der Waals surface area contributed by atoms with Gasteiger partial charge in [-0.1, -0.05) is 18.2 Å². The number of piperidine rings is 1. The van der Waals surface area contributed by atoms with Crippen molar-refractivity contribution in [3.8, 4) is 5.69 Å². The molecule has 0 radical (unpaired) electrons. The summed E-state index contributed by atoms with van der Waals surface area (Å²) in [5, 5.41) is 4.56. The molecule has 1 saturated carbocycles. The minimum Gasteiger partial charge on any atom is -0.378 e. The van der Waals surface area contributed by atoms with Gasteiger partial charge in [0.25, 0.3) is 5.91 Å². The number of para-hydroxylation sites is 1. The number of hydrogen-bond acceptors (Lipinski definition) is 4. The Kier molecular flexibility index (Phi) is 7.10. The second-order valence-corrected chi connectivity index (χ2v) is 7.47. The summed E-state index contributed by atoms with van der Waals surface area (Å²) in [7, 11) is 0. The number of nitrogens with zero attached hydrogens (tertiary/aromatic N) is 3. The van der Waals surface area contributed by atoms with Crippen molar-refractivity contribution in [2.24, 2.45) is 5.73 Å². The van der Waals surface area contributed by atoms with Crippen molar-refractivity contribution in [3.05, 3.63) is 47.8 Å². The molecule has 0 bridgehead atoms. The average Bonchev–Trinajstić information content (AvgIpc) is 3.46. The maximum Gasteiger partial charge on any atom is 0.257 e. The van der Waals surface area contributed by atoms with Crippen LogP contribution in [0.5, 0.6) is 0 Å². The van der Waals surface area contributed by atoms with Gasteiger partial charge in [0.05, 0.1) is 29.2 Å². The van der Waals surface area contributed by atoms with Crippen molar-refractivity contribution >= 4 is 18.3 Å². The summed E-state index contributed by atoms with van der Waals surface area (Å²) in [6.45, 7) is 2.86. The van der Waals surface area contributed by atoms with Gasteiger partial charge in [-0.3, -0.25) is 4.79 Å². The molecule has 28 heavy (non-hydrogen) atoms. The van der Waals surface area contributed by atoms with E-state index in [0.29, 0.717) is 19.1 Å². The van der Waals surface area contributed by atoms with Crippen molar-refractivity contribution in [3.63, 3.8) is 0 Å². The van der Waals surface area contributed by atoms with E-state index in [1.165, 1.54) is 0 Å². The van der Waals surface area contributed by atoms with E-state index in [2.05, 4.69) is 5.10 Å². The van der Waals surface area contributed by atoms with Crippen LogP contribution in [-0.2, 0) is 4.74 Å². The summed E-state index contributed by atoms with van der Waals surface area (Å²) in [4.78, 5) is 15.1. The molecule has 1 aliphatic carbocycles. The first-order chi connectivity index (χ1) is 13.3. The van der Waals surface area contributed by atoms with Crippen LogP contribution >= 0.6 is 12.4 Å². The third-order valence-corrected chi connectivity index (χ3v) is 5.43. The first-order valence-electron chi connectivity index (χ1n) is 10.0. The van der Waals surface area contributed by atoms with Crippen molar-refractivity contribution in [2.45, 2.75) is 44.1 Å². The highest BCUT2D eigenvalue weighted by atomic mass is 35.5. The summed E-state index contributed by atoms with van der Waals surface area (Å²) in [5.74, 6) is 0.559. The Labute approximate surface area is 172 Å². The number of rotatable bonds is 7. The van der Waals surface area contributed by atoms with Gasteiger partial charge in [0.15, 0.2) is 0 Å². The highest BCUT2D eigenvalue weighted by molar-refractivity contribution is 5.95. The SMILES string of the molecule is Cl.NCCCOC1CCN(C(=O)c2cnn(-c3ccccc3)c2C2CC2)CC1. The molecule has 4 rings (SSSR count). The molecule has 6 nitrogen and oxygen atoms in total. The fourth-order valence-electron chi connectivity index (χ4n) is 3.78. The van der Waals surface area contributed by atoms with Crippen LogP contribution in [0.15, 0.2) is 36.5 Å². The first-order valence-corrected chi connectivity index (χ1v) is 10.0. The van der Waals surface area contributed by atoms with Gasteiger partial charge in [0.2, 0.25) is 0 Å². The molecule has 0 atom stereocenters. The maximum absolute atomic E-state index is 13.2. The Morgan fingerprint density at radius 2 is 1.86 bits per heavy atom. The lowest BCUT2D eigenvalue weighted by atomic mass is 10.1. The van der Waals surface area contributed by atoms with Crippen LogP contribution < -0.4 is 5.73 Å². The van der Waals surface area contributed by atoms with Crippen molar-refractivity contribution < 1.29 is 9.53 Å². The fraction of sp³-hybridized carbons (Fsp3) is 0.524. The second-order valence-electron chi connectivity index (χ2n) is 7.47. The zero-order valence-electron chi connectivity index (χ0n) is 16.1. The van der Waals surface area contributed by atoms with Crippen LogP contribution in [-0.4, -0.2) is 52.9 Å². The lowest BCUT2D eigenvalue weighted by Gasteiger charge is -2.32. The highest BCUT2D eigenvalue weighted by Gasteiger charge is 2.35. The summed E-state index contributed by atoms with van der Waals surface area (Å²) in [5.41, 5.74) is 8.38. The molecule has 2 N–H and O–H groups in total. The molecule has 1 aliphatic heterocycles. The molecule has 2 fully saturated rings. The monoisotopic (exact) mass is 404 g/mol. The number of carbonyl (C=O) groups excluding carboxylic acids is 1. The Balaban J connectivity index is 0.00000225. The van der Waals surface area contributed by atoms with E-state index < -0.39 is 0 Å². The van der Waals surface area contributed by atoms with E-state index >= 15 is 0 Å². The third-order valence-electron chi connectivity index (χ3n) is 5.43. The molecule has 2 aliphatic rings. The number of amides is 1. The largest absolute Gasteiger partial charge is 0.378 e. The quantitative estimate of drug-likeness (QED) is 0.719. The molecular weight excluding hydrogens is 376 g/mol. The summed E-state index contributed by atoms with van der Waals surface area (Å²) in [6, 6.07) is 10.1. The second kappa shape index (κ2) is 9.54. The highest BCUT2D eigenvalue weighted by Crippen LogP contribution is 2.42. The fourth-order valence-corrected chi connectivity index (χ4v) is 3.78. The number of likely N-dealkylation sites (tertiary alicyclic amines) is 1. The summed E-state index contributed by atoms with van der Waals surface area (Å²) >= 11 is 0. The topological polar surface area (TPSA) is 73.4 Å². The lowest BCUT2D eigenvalue weighted by Crippen LogP contribution is -2.41. The Morgan fingerprint density at radius 3 is 2.50 bits per heavy atom. The van der Waals surface area contributed by atoms with Gasteiger partial charge in [-0.25, -0.2) is 4.68 Å². The van der Waals surface area contributed by atoms with Crippen LogP contribution in [0.4, 0.5) is 0 Å². The molecule has 2 aromatic rings. The maximum atomic E-state index is 13.2. The Morgan fingerprint density at radius 1 is 1.14 bits per heavy atom. The van der Waals surface area contributed by atoms with E-state index in [4.69, 9.17) is 10.5 Å². The zero-order chi connectivity index (χ0) is 18.6. The molecule has 1 amide bonds.